The summed E-state index contributed by atoms with van der Waals surface area (Å²) in [7, 11) is -4.94. The largest absolute Gasteiger partial charge is 1.00 e. The first-order valence-electron chi connectivity index (χ1n) is 4.34. The van der Waals surface area contributed by atoms with Gasteiger partial charge in [0.15, 0.2) is 0 Å². The number of nitrogens with zero attached hydrogens (tertiary/aromatic N) is 2. The maximum absolute atomic E-state index is 8.49. The van der Waals surface area contributed by atoms with Crippen molar-refractivity contribution in [2.75, 3.05) is 0 Å². The summed E-state index contributed by atoms with van der Waals surface area (Å²) in [4.78, 5) is 8.83. The van der Waals surface area contributed by atoms with Gasteiger partial charge in [-0.1, -0.05) is 12.1 Å². The predicted octanol–water partition coefficient (Wildman–Crippen LogP) is -4.08. The van der Waals surface area contributed by atoms with Crippen LogP contribution in [0.2, 0.25) is 0 Å². The molecule has 0 atom stereocenters. The molecule has 0 fully saturated rings. The number of para-hydroxylation sites is 2. The van der Waals surface area contributed by atoms with E-state index in [1.54, 1.807) is 0 Å². The van der Waals surface area contributed by atoms with Gasteiger partial charge < -0.3 is 0 Å². The van der Waals surface area contributed by atoms with Crippen molar-refractivity contribution in [2.24, 2.45) is 9.98 Å². The molecule has 2 rings (SSSR count). The van der Waals surface area contributed by atoms with Gasteiger partial charge >= 0.3 is 17.1 Å². The van der Waals surface area contributed by atoms with Crippen LogP contribution in [0.3, 0.4) is 0 Å². The summed E-state index contributed by atoms with van der Waals surface area (Å²) in [5.41, 5.74) is -0.246. The number of rotatable bonds is 0. The van der Waals surface area contributed by atoms with E-state index in [1.165, 1.54) is 0 Å². The molecule has 1 aromatic carbocycles. The van der Waals surface area contributed by atoms with E-state index in [4.69, 9.17) is 18.6 Å². The molecule has 0 radical (unpaired) electrons. The summed E-state index contributed by atoms with van der Waals surface area (Å²) in [5, 5.41) is 2.02. The minimum Gasteiger partial charge on any atom is -0.254 e. The standard InChI is InChI=1S/C9H10N2.ClHO4.Cu/c1-9(2)10-7-5-3-4-6-8(7)11-9;2-1(3,4)5;/h3-6H,1-2H3;(H,2,3,4,5);/q;;+1/p-1. The van der Waals surface area contributed by atoms with Gasteiger partial charge in [0, 0.05) is 0 Å². The summed E-state index contributed by atoms with van der Waals surface area (Å²) in [6, 6.07) is 7.96. The fourth-order valence-electron chi connectivity index (χ4n) is 1.27. The Balaban J connectivity index is 0.000000373. The molecule has 6 nitrogen and oxygen atoms in total. The van der Waals surface area contributed by atoms with Crippen molar-refractivity contribution in [2.45, 2.75) is 19.5 Å². The van der Waals surface area contributed by atoms with E-state index in [0.717, 1.165) is 10.7 Å². The van der Waals surface area contributed by atoms with Crippen LogP contribution in [0.5, 0.6) is 0 Å². The summed E-state index contributed by atoms with van der Waals surface area (Å²) >= 11 is 0. The van der Waals surface area contributed by atoms with E-state index in [9.17, 15) is 0 Å². The molecule has 0 unspecified atom stereocenters. The average Bonchev–Trinajstić information content (AvgIpc) is 2.34. The number of hydrogen-bond donors (Lipinski definition) is 0. The molecule has 1 heterocycles. The maximum Gasteiger partial charge on any atom is 1.00 e. The Bertz CT molecular complexity index is 444. The average molecular weight is 309 g/mol. The van der Waals surface area contributed by atoms with Crippen LogP contribution in [0.1, 0.15) is 13.8 Å². The van der Waals surface area contributed by atoms with Crippen LogP contribution >= 0.6 is 0 Å². The van der Waals surface area contributed by atoms with Crippen LogP contribution in [0, 0.1) is 10.2 Å². The summed E-state index contributed by atoms with van der Waals surface area (Å²) in [5.74, 6) is 0. The Morgan fingerprint density at radius 3 is 1.53 bits per heavy atom. The van der Waals surface area contributed by atoms with Crippen LogP contribution in [0.15, 0.2) is 34.3 Å². The van der Waals surface area contributed by atoms with Crippen molar-refractivity contribution < 1.29 is 45.9 Å². The minimum atomic E-state index is -4.94. The molecule has 0 N–H and O–H groups in total. The van der Waals surface area contributed by atoms with Crippen LogP contribution in [-0.2, 0) is 17.1 Å². The Hall–Kier alpha value is -0.531. The fraction of sp³-hybridized carbons (Fsp3) is 0.333. The quantitative estimate of drug-likeness (QED) is 0.453. The zero-order valence-electron chi connectivity index (χ0n) is 9.02. The molecule has 1 aromatic rings. The molecule has 8 heteroatoms. The van der Waals surface area contributed by atoms with Crippen LogP contribution in [0.4, 0.5) is 0 Å². The maximum atomic E-state index is 8.49. The zero-order chi connectivity index (χ0) is 12.4. The monoisotopic (exact) mass is 308 g/mol. The third-order valence-electron chi connectivity index (χ3n) is 1.67. The molecule has 17 heavy (non-hydrogen) atoms. The number of fused-ring (bicyclic) bond motifs is 1. The SMILES string of the molecule is CC1(C)N=c2ccccc2=N1.[Cu+].[O-][Cl+3]([O-])([O-])[O-]. The molecule has 1 aliphatic heterocycles. The van der Waals surface area contributed by atoms with Gasteiger partial charge in [-0.25, -0.2) is 18.6 Å². The van der Waals surface area contributed by atoms with Gasteiger partial charge in [-0.2, -0.15) is 0 Å². The first-order chi connectivity index (χ1) is 7.17. The van der Waals surface area contributed by atoms with Crippen molar-refractivity contribution in [3.05, 3.63) is 35.0 Å². The number of hydrogen-bond acceptors (Lipinski definition) is 6. The second-order valence-electron chi connectivity index (χ2n) is 3.58. The Kier molecular flexibility index (Phi) is 5.70. The molecule has 0 bridgehead atoms. The molecular weight excluding hydrogens is 299 g/mol. The normalized spacial score (nSPS) is 15.4. The van der Waals surface area contributed by atoms with Crippen LogP contribution < -0.4 is 29.4 Å². The van der Waals surface area contributed by atoms with Crippen LogP contribution in [-0.4, -0.2) is 5.66 Å². The topological polar surface area (TPSA) is 117 Å². The molecule has 98 valence electrons. The number of halogens is 1. The molecule has 1 aliphatic rings. The van der Waals surface area contributed by atoms with Crippen molar-refractivity contribution in [3.63, 3.8) is 0 Å². The van der Waals surface area contributed by atoms with Gasteiger partial charge in [-0.05, 0) is 26.0 Å². The van der Waals surface area contributed by atoms with Crippen molar-refractivity contribution >= 4 is 0 Å². The molecule has 0 aliphatic carbocycles. The van der Waals surface area contributed by atoms with E-state index >= 15 is 0 Å². The van der Waals surface area contributed by atoms with Crippen LogP contribution in [0.25, 0.3) is 0 Å². The Labute approximate surface area is 111 Å². The van der Waals surface area contributed by atoms with Crippen molar-refractivity contribution in [1.82, 2.24) is 0 Å². The second-order valence-corrected chi connectivity index (χ2v) is 4.34. The second kappa shape index (κ2) is 5.88. The van der Waals surface area contributed by atoms with Gasteiger partial charge in [-0.15, -0.1) is 10.2 Å². The van der Waals surface area contributed by atoms with Gasteiger partial charge in [0.1, 0.15) is 5.66 Å². The first-order valence-corrected chi connectivity index (χ1v) is 5.57. The number of benzene rings is 1. The smallest absolute Gasteiger partial charge is 0.254 e. The minimum absolute atomic E-state index is 0. The summed E-state index contributed by atoms with van der Waals surface area (Å²) in [6.07, 6.45) is 0. The third kappa shape index (κ3) is 6.70. The summed E-state index contributed by atoms with van der Waals surface area (Å²) < 4.78 is 34.0. The first kappa shape index (κ1) is 16.5. The van der Waals surface area contributed by atoms with Crippen molar-refractivity contribution in [1.29, 1.82) is 0 Å². The molecule has 0 saturated carbocycles. The van der Waals surface area contributed by atoms with Gasteiger partial charge in [0.05, 0.1) is 10.7 Å². The van der Waals surface area contributed by atoms with Crippen molar-refractivity contribution in [3.8, 4) is 0 Å². The van der Waals surface area contributed by atoms with Gasteiger partial charge in [-0.3, -0.25) is 9.98 Å². The van der Waals surface area contributed by atoms with E-state index in [1.807, 2.05) is 38.1 Å². The Morgan fingerprint density at radius 1 is 0.941 bits per heavy atom. The fourth-order valence-corrected chi connectivity index (χ4v) is 1.27. The van der Waals surface area contributed by atoms with Gasteiger partial charge in [0.2, 0.25) is 0 Å². The van der Waals surface area contributed by atoms with E-state index in [0.29, 0.717) is 0 Å². The Morgan fingerprint density at radius 2 is 1.24 bits per heavy atom. The van der Waals surface area contributed by atoms with E-state index in [-0.39, 0.29) is 22.7 Å². The molecule has 0 saturated heterocycles. The molecular formula is C9H10ClCuN2O4. The van der Waals surface area contributed by atoms with E-state index < -0.39 is 10.2 Å². The van der Waals surface area contributed by atoms with E-state index in [2.05, 4.69) is 9.98 Å². The predicted molar refractivity (Wildman–Crippen MR) is 42.8 cm³/mol. The van der Waals surface area contributed by atoms with Gasteiger partial charge in [0.25, 0.3) is 0 Å². The molecule has 0 spiro atoms. The third-order valence-corrected chi connectivity index (χ3v) is 1.67. The molecule has 0 aromatic heterocycles. The summed E-state index contributed by atoms with van der Waals surface area (Å²) in [6.45, 7) is 4.01. The zero-order valence-corrected chi connectivity index (χ0v) is 10.7. The molecule has 0 amide bonds.